The van der Waals surface area contributed by atoms with Crippen molar-refractivity contribution in [1.82, 2.24) is 4.98 Å². The van der Waals surface area contributed by atoms with Gasteiger partial charge >= 0.3 is 5.97 Å². The van der Waals surface area contributed by atoms with Crippen molar-refractivity contribution in [3.8, 4) is 17.0 Å². The summed E-state index contributed by atoms with van der Waals surface area (Å²) in [5, 5.41) is 0. The summed E-state index contributed by atoms with van der Waals surface area (Å²) in [6, 6.07) is 8.87. The Kier molecular flexibility index (Phi) is 3.77. The van der Waals surface area contributed by atoms with Crippen LogP contribution >= 0.6 is 0 Å². The van der Waals surface area contributed by atoms with Crippen molar-refractivity contribution in [2.45, 2.75) is 6.92 Å². The van der Waals surface area contributed by atoms with E-state index in [1.54, 1.807) is 24.4 Å². The molecule has 0 bridgehead atoms. The zero-order chi connectivity index (χ0) is 13.8. The van der Waals surface area contributed by atoms with E-state index >= 15 is 0 Å². The zero-order valence-corrected chi connectivity index (χ0v) is 10.7. The first kappa shape index (κ1) is 13.0. The summed E-state index contributed by atoms with van der Waals surface area (Å²) in [5.41, 5.74) is 2.63. The number of benzene rings is 1. The summed E-state index contributed by atoms with van der Waals surface area (Å²) in [6.07, 6.45) is 1.74. The second-order valence-electron chi connectivity index (χ2n) is 4.01. The summed E-state index contributed by atoms with van der Waals surface area (Å²) >= 11 is 0. The molecule has 0 fully saturated rings. The average Bonchev–Trinajstić information content (AvgIpc) is 2.46. The van der Waals surface area contributed by atoms with Crippen molar-refractivity contribution in [3.63, 3.8) is 0 Å². The minimum absolute atomic E-state index is 0.255. The Hall–Kier alpha value is -2.40. The fourth-order valence-electron chi connectivity index (χ4n) is 1.76. The molecule has 1 aromatic heterocycles. The van der Waals surface area contributed by atoms with Gasteiger partial charge in [-0.2, -0.15) is 5.90 Å². The molecule has 0 amide bonds. The van der Waals surface area contributed by atoms with E-state index in [4.69, 9.17) is 15.5 Å². The van der Waals surface area contributed by atoms with Gasteiger partial charge in [-0.3, -0.25) is 4.98 Å². The molecule has 2 aromatic rings. The Bertz CT molecular complexity index is 594. The van der Waals surface area contributed by atoms with Crippen LogP contribution in [0.25, 0.3) is 11.3 Å². The number of carbonyl (C=O) groups excluding carboxylic acids is 1. The number of hydrogen-bond donors (Lipinski definition) is 1. The van der Waals surface area contributed by atoms with E-state index in [0.717, 1.165) is 5.56 Å². The van der Waals surface area contributed by atoms with Crippen molar-refractivity contribution < 1.29 is 14.4 Å². The van der Waals surface area contributed by atoms with Crippen molar-refractivity contribution in [2.24, 2.45) is 5.90 Å². The van der Waals surface area contributed by atoms with E-state index < -0.39 is 5.97 Å². The molecular formula is C14H14N2O3. The summed E-state index contributed by atoms with van der Waals surface area (Å²) < 4.78 is 4.69. The number of nitrogens with zero attached hydrogens (tertiary/aromatic N) is 1. The van der Waals surface area contributed by atoms with Crippen LogP contribution < -0.4 is 10.7 Å². The number of methoxy groups -OCH3 is 1. The highest BCUT2D eigenvalue weighted by atomic mass is 16.6. The highest BCUT2D eigenvalue weighted by molar-refractivity contribution is 5.95. The monoisotopic (exact) mass is 258 g/mol. The van der Waals surface area contributed by atoms with Gasteiger partial charge < -0.3 is 9.57 Å². The van der Waals surface area contributed by atoms with E-state index in [2.05, 4.69) is 4.98 Å². The molecule has 0 aliphatic rings. The number of nitrogens with two attached hydrogens (primary N) is 1. The van der Waals surface area contributed by atoms with E-state index in [0.29, 0.717) is 11.3 Å². The number of para-hydroxylation sites is 1. The molecule has 0 saturated carbocycles. The Morgan fingerprint density at radius 3 is 2.63 bits per heavy atom. The van der Waals surface area contributed by atoms with E-state index in [1.165, 1.54) is 7.11 Å². The lowest BCUT2D eigenvalue weighted by Gasteiger charge is -2.11. The molecule has 98 valence electrons. The standard InChI is InChI=1S/C14H14N2O3/c1-9-6-7-12(16-8-9)10-4-3-5-11(13(10)19-15)14(17)18-2/h3-8H,15H2,1-2H3. The molecule has 5 heteroatoms. The lowest BCUT2D eigenvalue weighted by Crippen LogP contribution is -2.11. The maximum absolute atomic E-state index is 11.7. The minimum atomic E-state index is -0.505. The molecule has 0 radical (unpaired) electrons. The Balaban J connectivity index is 2.57. The van der Waals surface area contributed by atoms with Crippen LogP contribution in [0, 0.1) is 6.92 Å². The molecule has 2 N–H and O–H groups in total. The summed E-state index contributed by atoms with van der Waals surface area (Å²) in [5.74, 6) is 5.03. The molecule has 19 heavy (non-hydrogen) atoms. The molecule has 0 unspecified atom stereocenters. The van der Waals surface area contributed by atoms with Crippen LogP contribution in [0.2, 0.25) is 0 Å². The van der Waals surface area contributed by atoms with Crippen LogP contribution in [0.3, 0.4) is 0 Å². The largest absolute Gasteiger partial charge is 0.465 e. The SMILES string of the molecule is COC(=O)c1cccc(-c2ccc(C)cn2)c1ON. The van der Waals surface area contributed by atoms with Gasteiger partial charge in [-0.15, -0.1) is 0 Å². The number of esters is 1. The minimum Gasteiger partial charge on any atom is -0.465 e. The summed E-state index contributed by atoms with van der Waals surface area (Å²) in [4.78, 5) is 20.8. The molecule has 5 nitrogen and oxygen atoms in total. The second-order valence-corrected chi connectivity index (χ2v) is 4.01. The van der Waals surface area contributed by atoms with Gasteiger partial charge in [-0.05, 0) is 30.7 Å². The first-order valence-electron chi connectivity index (χ1n) is 5.68. The predicted molar refractivity (Wildman–Crippen MR) is 70.6 cm³/mol. The van der Waals surface area contributed by atoms with Gasteiger partial charge in [0.15, 0.2) is 5.75 Å². The van der Waals surface area contributed by atoms with Gasteiger partial charge in [-0.25, -0.2) is 4.79 Å². The number of pyridine rings is 1. The Labute approximate surface area is 110 Å². The molecule has 0 saturated heterocycles. The van der Waals surface area contributed by atoms with Crippen molar-refractivity contribution >= 4 is 5.97 Å². The lowest BCUT2D eigenvalue weighted by molar-refractivity contribution is 0.0596. The number of carbonyl (C=O) groups is 1. The molecule has 0 atom stereocenters. The number of ether oxygens (including phenoxy) is 1. The number of aryl methyl sites for hydroxylation is 1. The first-order chi connectivity index (χ1) is 9.17. The fraction of sp³-hybridized carbons (Fsp3) is 0.143. The van der Waals surface area contributed by atoms with Crippen LogP contribution in [0.1, 0.15) is 15.9 Å². The van der Waals surface area contributed by atoms with Crippen molar-refractivity contribution in [3.05, 3.63) is 47.7 Å². The van der Waals surface area contributed by atoms with Gasteiger partial charge in [0.25, 0.3) is 0 Å². The highest BCUT2D eigenvalue weighted by Gasteiger charge is 2.18. The number of aromatic nitrogens is 1. The molecular weight excluding hydrogens is 244 g/mol. The Morgan fingerprint density at radius 2 is 2.05 bits per heavy atom. The fourth-order valence-corrected chi connectivity index (χ4v) is 1.76. The predicted octanol–water partition coefficient (Wildman–Crippen LogP) is 2.10. The zero-order valence-electron chi connectivity index (χ0n) is 10.7. The molecule has 0 aliphatic heterocycles. The molecule has 2 rings (SSSR count). The van der Waals surface area contributed by atoms with E-state index in [1.807, 2.05) is 19.1 Å². The van der Waals surface area contributed by atoms with Crippen LogP contribution in [0.5, 0.6) is 5.75 Å². The maximum atomic E-state index is 11.7. The third-order valence-electron chi connectivity index (χ3n) is 2.73. The van der Waals surface area contributed by atoms with Crippen LogP contribution in [0.15, 0.2) is 36.5 Å². The first-order valence-corrected chi connectivity index (χ1v) is 5.68. The normalized spacial score (nSPS) is 10.1. The summed E-state index contributed by atoms with van der Waals surface area (Å²) in [6.45, 7) is 1.95. The van der Waals surface area contributed by atoms with E-state index in [9.17, 15) is 4.79 Å². The van der Waals surface area contributed by atoms with E-state index in [-0.39, 0.29) is 11.3 Å². The molecule has 0 spiro atoms. The van der Waals surface area contributed by atoms with Gasteiger partial charge in [0, 0.05) is 11.8 Å². The van der Waals surface area contributed by atoms with Crippen LogP contribution in [0.4, 0.5) is 0 Å². The van der Waals surface area contributed by atoms with Crippen molar-refractivity contribution in [1.29, 1.82) is 0 Å². The molecule has 1 heterocycles. The quantitative estimate of drug-likeness (QED) is 0.674. The third kappa shape index (κ3) is 2.56. The van der Waals surface area contributed by atoms with Crippen molar-refractivity contribution in [2.75, 3.05) is 7.11 Å². The smallest absolute Gasteiger partial charge is 0.341 e. The summed E-state index contributed by atoms with van der Waals surface area (Å²) in [7, 11) is 1.30. The van der Waals surface area contributed by atoms with Gasteiger partial charge in [0.1, 0.15) is 5.56 Å². The van der Waals surface area contributed by atoms with Gasteiger partial charge in [-0.1, -0.05) is 12.1 Å². The van der Waals surface area contributed by atoms with Gasteiger partial charge in [0.2, 0.25) is 0 Å². The topological polar surface area (TPSA) is 74.4 Å². The second kappa shape index (κ2) is 5.49. The number of rotatable bonds is 3. The number of hydrogen-bond acceptors (Lipinski definition) is 5. The average molecular weight is 258 g/mol. The highest BCUT2D eigenvalue weighted by Crippen LogP contribution is 2.31. The van der Waals surface area contributed by atoms with Crippen LogP contribution in [-0.4, -0.2) is 18.1 Å². The van der Waals surface area contributed by atoms with Crippen LogP contribution in [-0.2, 0) is 4.74 Å². The Morgan fingerprint density at radius 1 is 1.26 bits per heavy atom. The molecule has 0 aliphatic carbocycles. The third-order valence-corrected chi connectivity index (χ3v) is 2.73. The maximum Gasteiger partial charge on any atom is 0.341 e. The van der Waals surface area contributed by atoms with Gasteiger partial charge in [0.05, 0.1) is 12.8 Å². The lowest BCUT2D eigenvalue weighted by atomic mass is 10.0. The molecule has 1 aromatic carbocycles.